The molecule has 6 heteroatoms. The smallest absolute Gasteiger partial charge is 0.325 e. The number of piperazine rings is 1. The number of carboxylic acid groups (broad SMARTS) is 1. The summed E-state index contributed by atoms with van der Waals surface area (Å²) in [6.07, 6.45) is 3.66. The lowest BCUT2D eigenvalue weighted by atomic mass is 9.94. The van der Waals surface area contributed by atoms with Gasteiger partial charge in [-0.3, -0.25) is 19.6 Å². The summed E-state index contributed by atoms with van der Waals surface area (Å²) in [7, 11) is 1.63. The average molecular weight is 369 g/mol. The Hall–Kier alpha value is -2.44. The van der Waals surface area contributed by atoms with Gasteiger partial charge in [-0.1, -0.05) is 6.07 Å². The van der Waals surface area contributed by atoms with Crippen molar-refractivity contribution in [3.05, 3.63) is 58.9 Å². The van der Waals surface area contributed by atoms with Gasteiger partial charge in [0.15, 0.2) is 0 Å². The first-order valence-corrected chi connectivity index (χ1v) is 9.23. The molecule has 1 atom stereocenters. The average Bonchev–Trinajstić information content (AvgIpc) is 2.66. The van der Waals surface area contributed by atoms with Crippen LogP contribution in [-0.4, -0.2) is 59.1 Å². The molecule has 2 heterocycles. The molecule has 1 N–H and O–H groups in total. The Morgan fingerprint density at radius 1 is 1.22 bits per heavy atom. The number of ether oxygens (including phenoxy) is 1. The predicted molar refractivity (Wildman–Crippen MR) is 104 cm³/mol. The number of aliphatic carboxylic acids is 1. The number of aryl methyl sites for hydroxylation is 2. The van der Waals surface area contributed by atoms with Crippen LogP contribution in [0.2, 0.25) is 0 Å². The Bertz CT molecular complexity index is 764. The Morgan fingerprint density at radius 2 is 1.89 bits per heavy atom. The van der Waals surface area contributed by atoms with Crippen molar-refractivity contribution in [3.63, 3.8) is 0 Å². The molecule has 0 saturated carbocycles. The molecule has 1 saturated heterocycles. The van der Waals surface area contributed by atoms with E-state index in [1.807, 2.05) is 38.2 Å². The zero-order valence-corrected chi connectivity index (χ0v) is 16.2. The van der Waals surface area contributed by atoms with Gasteiger partial charge in [0.25, 0.3) is 0 Å². The molecule has 1 aromatic heterocycles. The molecule has 0 unspecified atom stereocenters. The highest BCUT2D eigenvalue weighted by Crippen LogP contribution is 2.31. The summed E-state index contributed by atoms with van der Waals surface area (Å²) in [4.78, 5) is 20.7. The van der Waals surface area contributed by atoms with E-state index in [0.29, 0.717) is 0 Å². The SMILES string of the molecule is COc1cc(C)c([C@H](C(=O)O)N2CCN(Cc3cccnc3)CC2)c(C)c1. The van der Waals surface area contributed by atoms with Crippen LogP contribution in [0.1, 0.15) is 28.3 Å². The standard InChI is InChI=1S/C21H27N3O3/c1-15-11-18(27-3)12-16(2)19(15)20(21(25)26)24-9-7-23(8-10-24)14-17-5-4-6-22-13-17/h4-6,11-13,20H,7-10,14H2,1-3H3,(H,25,26)/t20-/m1/s1. The summed E-state index contributed by atoms with van der Waals surface area (Å²) in [5.41, 5.74) is 3.97. The van der Waals surface area contributed by atoms with E-state index in [2.05, 4.69) is 20.9 Å². The third kappa shape index (κ3) is 4.46. The van der Waals surface area contributed by atoms with Gasteiger partial charge in [-0.05, 0) is 54.3 Å². The van der Waals surface area contributed by atoms with Crippen molar-refractivity contribution >= 4 is 5.97 Å². The van der Waals surface area contributed by atoms with Crippen molar-refractivity contribution in [2.75, 3.05) is 33.3 Å². The van der Waals surface area contributed by atoms with Gasteiger partial charge in [-0.15, -0.1) is 0 Å². The van der Waals surface area contributed by atoms with Crippen molar-refractivity contribution in [1.29, 1.82) is 0 Å². The second-order valence-electron chi connectivity index (χ2n) is 7.09. The first-order valence-electron chi connectivity index (χ1n) is 9.23. The molecule has 27 heavy (non-hydrogen) atoms. The molecule has 1 aromatic carbocycles. The molecule has 144 valence electrons. The van der Waals surface area contributed by atoms with Crippen LogP contribution in [0.4, 0.5) is 0 Å². The zero-order chi connectivity index (χ0) is 19.4. The lowest BCUT2D eigenvalue weighted by molar-refractivity contribution is -0.144. The maximum absolute atomic E-state index is 12.1. The number of methoxy groups -OCH3 is 1. The van der Waals surface area contributed by atoms with Gasteiger partial charge in [0.05, 0.1) is 7.11 Å². The molecule has 6 nitrogen and oxygen atoms in total. The van der Waals surface area contributed by atoms with Crippen molar-refractivity contribution in [2.24, 2.45) is 0 Å². The van der Waals surface area contributed by atoms with Crippen molar-refractivity contribution in [1.82, 2.24) is 14.8 Å². The fourth-order valence-corrected chi connectivity index (χ4v) is 3.88. The molecular formula is C21H27N3O3. The normalized spacial score (nSPS) is 16.9. The second kappa shape index (κ2) is 8.50. The highest BCUT2D eigenvalue weighted by Gasteiger charge is 2.32. The van der Waals surface area contributed by atoms with Crippen molar-refractivity contribution in [2.45, 2.75) is 26.4 Å². The topological polar surface area (TPSA) is 65.9 Å². The second-order valence-corrected chi connectivity index (χ2v) is 7.09. The van der Waals surface area contributed by atoms with Gasteiger partial charge < -0.3 is 9.84 Å². The molecule has 0 spiro atoms. The Balaban J connectivity index is 1.73. The van der Waals surface area contributed by atoms with Gasteiger partial charge in [-0.25, -0.2) is 0 Å². The third-order valence-corrected chi connectivity index (χ3v) is 5.21. The molecule has 1 aliphatic rings. The number of rotatable bonds is 6. The number of hydrogen-bond donors (Lipinski definition) is 1. The first kappa shape index (κ1) is 19.3. The van der Waals surface area contributed by atoms with Crippen LogP contribution >= 0.6 is 0 Å². The van der Waals surface area contributed by atoms with Crippen molar-refractivity contribution < 1.29 is 14.6 Å². The van der Waals surface area contributed by atoms with E-state index >= 15 is 0 Å². The molecule has 0 amide bonds. The maximum atomic E-state index is 12.1. The third-order valence-electron chi connectivity index (χ3n) is 5.21. The molecule has 2 aromatic rings. The van der Waals surface area contributed by atoms with Crippen LogP contribution < -0.4 is 4.74 Å². The molecule has 0 aliphatic carbocycles. The lowest BCUT2D eigenvalue weighted by Gasteiger charge is -2.38. The number of benzene rings is 1. The van der Waals surface area contributed by atoms with E-state index in [1.165, 1.54) is 5.56 Å². The summed E-state index contributed by atoms with van der Waals surface area (Å²) in [6, 6.07) is 7.22. The van der Waals surface area contributed by atoms with Crippen LogP contribution in [0.15, 0.2) is 36.7 Å². The van der Waals surface area contributed by atoms with Crippen LogP contribution in [-0.2, 0) is 11.3 Å². The number of pyridine rings is 1. The Kier molecular flexibility index (Phi) is 6.08. The van der Waals surface area contributed by atoms with Crippen LogP contribution in [0.25, 0.3) is 0 Å². The number of carboxylic acids is 1. The van der Waals surface area contributed by atoms with E-state index < -0.39 is 12.0 Å². The molecule has 1 aliphatic heterocycles. The molecule has 3 rings (SSSR count). The van der Waals surface area contributed by atoms with E-state index in [4.69, 9.17) is 4.74 Å². The molecule has 1 fully saturated rings. The number of nitrogens with zero attached hydrogens (tertiary/aromatic N) is 3. The monoisotopic (exact) mass is 369 g/mol. The van der Waals surface area contributed by atoms with Crippen molar-refractivity contribution in [3.8, 4) is 5.75 Å². The summed E-state index contributed by atoms with van der Waals surface area (Å²) < 4.78 is 5.31. The van der Waals surface area contributed by atoms with E-state index in [9.17, 15) is 9.90 Å². The number of aromatic nitrogens is 1. The van der Waals surface area contributed by atoms with Gasteiger partial charge in [-0.2, -0.15) is 0 Å². The van der Waals surface area contributed by atoms with Gasteiger partial charge in [0.2, 0.25) is 0 Å². The fourth-order valence-electron chi connectivity index (χ4n) is 3.88. The summed E-state index contributed by atoms with van der Waals surface area (Å²) in [5, 5.41) is 9.96. The summed E-state index contributed by atoms with van der Waals surface area (Å²) >= 11 is 0. The van der Waals surface area contributed by atoms with Gasteiger partial charge in [0.1, 0.15) is 11.8 Å². The zero-order valence-electron chi connectivity index (χ0n) is 16.2. The predicted octanol–water partition coefficient (Wildman–Crippen LogP) is 2.65. The number of hydrogen-bond acceptors (Lipinski definition) is 5. The Morgan fingerprint density at radius 3 is 2.41 bits per heavy atom. The van der Waals surface area contributed by atoms with Crippen LogP contribution in [0.5, 0.6) is 5.75 Å². The van der Waals surface area contributed by atoms with E-state index in [1.54, 1.807) is 13.3 Å². The molecule has 0 bridgehead atoms. The van der Waals surface area contributed by atoms with Gasteiger partial charge in [0, 0.05) is 45.1 Å². The quantitative estimate of drug-likeness (QED) is 0.844. The minimum Gasteiger partial charge on any atom is -0.497 e. The fraction of sp³-hybridized carbons (Fsp3) is 0.429. The lowest BCUT2D eigenvalue weighted by Crippen LogP contribution is -2.49. The van der Waals surface area contributed by atoms with Gasteiger partial charge >= 0.3 is 5.97 Å². The summed E-state index contributed by atoms with van der Waals surface area (Å²) in [6.45, 7) is 7.89. The highest BCUT2D eigenvalue weighted by atomic mass is 16.5. The minimum atomic E-state index is -0.799. The molecule has 0 radical (unpaired) electrons. The molecular weight excluding hydrogens is 342 g/mol. The van der Waals surface area contributed by atoms with E-state index in [0.717, 1.165) is 55.2 Å². The highest BCUT2D eigenvalue weighted by molar-refractivity contribution is 5.77. The Labute approximate surface area is 160 Å². The summed E-state index contributed by atoms with van der Waals surface area (Å²) in [5.74, 6) is -0.0359. The maximum Gasteiger partial charge on any atom is 0.325 e. The van der Waals surface area contributed by atoms with Crippen LogP contribution in [0.3, 0.4) is 0 Å². The minimum absolute atomic E-state index is 0.628. The van der Waals surface area contributed by atoms with E-state index in [-0.39, 0.29) is 0 Å². The first-order chi connectivity index (χ1) is 13.0. The largest absolute Gasteiger partial charge is 0.497 e. The number of carbonyl (C=O) groups is 1. The van der Waals surface area contributed by atoms with Crippen LogP contribution in [0, 0.1) is 13.8 Å².